The smallest absolute Gasteiger partial charge is 0.273 e. The first-order valence-electron chi connectivity index (χ1n) is 8.20. The van der Waals surface area contributed by atoms with Gasteiger partial charge in [-0.2, -0.15) is 0 Å². The molecule has 0 atom stereocenters. The van der Waals surface area contributed by atoms with Gasteiger partial charge in [-0.25, -0.2) is 4.98 Å². The van der Waals surface area contributed by atoms with Gasteiger partial charge < -0.3 is 15.0 Å². The maximum atomic E-state index is 12.9. The van der Waals surface area contributed by atoms with Crippen molar-refractivity contribution in [1.29, 1.82) is 0 Å². The second-order valence-corrected chi connectivity index (χ2v) is 7.54. The van der Waals surface area contributed by atoms with E-state index in [1.165, 1.54) is 29.4 Å². The average Bonchev–Trinajstić information content (AvgIpc) is 3.21. The molecule has 2 aliphatic rings. The van der Waals surface area contributed by atoms with Gasteiger partial charge >= 0.3 is 0 Å². The normalized spacial score (nSPS) is 17.1. The Bertz CT molecular complexity index is 857. The number of hydrogen-bond acceptors (Lipinski definition) is 5. The lowest BCUT2D eigenvalue weighted by Gasteiger charge is -2.35. The van der Waals surface area contributed by atoms with Crippen LogP contribution in [0.4, 0.5) is 5.13 Å². The molecule has 0 radical (unpaired) electrons. The second kappa shape index (κ2) is 5.84. The third-order valence-electron chi connectivity index (χ3n) is 4.89. The summed E-state index contributed by atoms with van der Waals surface area (Å²) in [4.78, 5) is 30.1. The molecule has 6 nitrogen and oxygen atoms in total. The third kappa shape index (κ3) is 2.89. The highest BCUT2D eigenvalue weighted by Crippen LogP contribution is 2.53. The molecule has 0 saturated heterocycles. The number of benzene rings is 1. The van der Waals surface area contributed by atoms with Crippen molar-refractivity contribution >= 4 is 28.3 Å². The first-order chi connectivity index (χ1) is 12.0. The summed E-state index contributed by atoms with van der Waals surface area (Å²) in [5.74, 6) is 0.593. The number of thiazole rings is 1. The van der Waals surface area contributed by atoms with E-state index in [1.807, 2.05) is 11.0 Å². The molecule has 7 heteroatoms. The predicted octanol–water partition coefficient (Wildman–Crippen LogP) is 2.80. The van der Waals surface area contributed by atoms with Gasteiger partial charge in [-0.05, 0) is 36.1 Å². The van der Waals surface area contributed by atoms with Gasteiger partial charge in [-0.15, -0.1) is 11.3 Å². The van der Waals surface area contributed by atoms with Crippen molar-refractivity contribution in [2.75, 3.05) is 19.0 Å². The van der Waals surface area contributed by atoms with Crippen molar-refractivity contribution in [1.82, 2.24) is 9.88 Å². The lowest BCUT2D eigenvalue weighted by atomic mass is 9.86. The lowest BCUT2D eigenvalue weighted by molar-refractivity contribution is -0.114. The monoisotopic (exact) mass is 357 g/mol. The predicted molar refractivity (Wildman–Crippen MR) is 95.1 cm³/mol. The Labute approximate surface area is 149 Å². The Morgan fingerprint density at radius 3 is 2.84 bits per heavy atom. The van der Waals surface area contributed by atoms with Gasteiger partial charge in [0.15, 0.2) is 5.13 Å². The fraction of sp³-hybridized carbons (Fsp3) is 0.389. The largest absolute Gasteiger partial charge is 0.497 e. The third-order valence-corrected chi connectivity index (χ3v) is 5.65. The van der Waals surface area contributed by atoms with Crippen molar-refractivity contribution in [3.05, 3.63) is 40.4 Å². The van der Waals surface area contributed by atoms with E-state index in [-0.39, 0.29) is 17.2 Å². The first-order valence-corrected chi connectivity index (χ1v) is 9.08. The van der Waals surface area contributed by atoms with Crippen LogP contribution in [0.1, 0.15) is 41.4 Å². The average molecular weight is 357 g/mol. The summed E-state index contributed by atoms with van der Waals surface area (Å²) in [5.41, 5.74) is 2.94. The fourth-order valence-electron chi connectivity index (χ4n) is 3.49. The van der Waals surface area contributed by atoms with Crippen LogP contribution in [-0.2, 0) is 16.8 Å². The van der Waals surface area contributed by atoms with Gasteiger partial charge in [0.2, 0.25) is 5.91 Å². The van der Waals surface area contributed by atoms with Crippen LogP contribution in [0.2, 0.25) is 0 Å². The zero-order valence-corrected chi connectivity index (χ0v) is 15.0. The molecule has 2 heterocycles. The molecular weight excluding hydrogens is 338 g/mol. The number of hydrogen-bond donors (Lipinski definition) is 1. The van der Waals surface area contributed by atoms with E-state index < -0.39 is 0 Å². The molecule has 4 rings (SSSR count). The van der Waals surface area contributed by atoms with Crippen molar-refractivity contribution in [2.45, 2.75) is 31.7 Å². The number of anilines is 1. The summed E-state index contributed by atoms with van der Waals surface area (Å²) < 4.78 is 5.36. The number of ether oxygens (including phenoxy) is 1. The number of nitrogens with one attached hydrogen (secondary N) is 1. The van der Waals surface area contributed by atoms with E-state index in [0.717, 1.165) is 18.6 Å². The number of carbonyl (C=O) groups is 2. The van der Waals surface area contributed by atoms with E-state index in [9.17, 15) is 9.59 Å². The minimum Gasteiger partial charge on any atom is -0.497 e. The van der Waals surface area contributed by atoms with E-state index in [2.05, 4.69) is 22.4 Å². The van der Waals surface area contributed by atoms with Gasteiger partial charge in [0.05, 0.1) is 7.11 Å². The number of fused-ring (bicyclic) bond motifs is 2. The van der Waals surface area contributed by atoms with Gasteiger partial charge in [0.25, 0.3) is 5.91 Å². The molecule has 1 N–H and O–H groups in total. The molecule has 1 aromatic heterocycles. The van der Waals surface area contributed by atoms with Gasteiger partial charge in [0.1, 0.15) is 11.4 Å². The molecule has 1 saturated carbocycles. The maximum absolute atomic E-state index is 12.9. The van der Waals surface area contributed by atoms with E-state index in [0.29, 0.717) is 23.9 Å². The summed E-state index contributed by atoms with van der Waals surface area (Å²) in [6.07, 6.45) is 2.18. The Hall–Kier alpha value is -2.41. The highest BCUT2D eigenvalue weighted by Gasteiger charge is 2.50. The van der Waals surface area contributed by atoms with Crippen molar-refractivity contribution in [3.8, 4) is 5.75 Å². The van der Waals surface area contributed by atoms with Gasteiger partial charge in [0, 0.05) is 30.8 Å². The first kappa shape index (κ1) is 16.1. The topological polar surface area (TPSA) is 71.5 Å². The van der Waals surface area contributed by atoms with Crippen LogP contribution >= 0.6 is 11.3 Å². The van der Waals surface area contributed by atoms with Crippen LogP contribution < -0.4 is 10.1 Å². The molecule has 1 aromatic carbocycles. The molecule has 1 spiro atoms. The van der Waals surface area contributed by atoms with Crippen LogP contribution in [0.3, 0.4) is 0 Å². The highest BCUT2D eigenvalue weighted by molar-refractivity contribution is 7.14. The molecule has 1 fully saturated rings. The molecule has 130 valence electrons. The number of methoxy groups -OCH3 is 1. The van der Waals surface area contributed by atoms with E-state index >= 15 is 0 Å². The van der Waals surface area contributed by atoms with Crippen LogP contribution in [-0.4, -0.2) is 35.4 Å². The molecule has 0 unspecified atom stereocenters. The van der Waals surface area contributed by atoms with Crippen LogP contribution in [0.5, 0.6) is 5.75 Å². The second-order valence-electron chi connectivity index (χ2n) is 6.68. The summed E-state index contributed by atoms with van der Waals surface area (Å²) in [6.45, 7) is 2.71. The Kier molecular flexibility index (Phi) is 3.76. The molecule has 2 aromatic rings. The quantitative estimate of drug-likeness (QED) is 0.917. The number of carbonyl (C=O) groups excluding carboxylic acids is 2. The zero-order chi connectivity index (χ0) is 17.6. The van der Waals surface area contributed by atoms with Crippen molar-refractivity contribution in [3.63, 3.8) is 0 Å². The number of amides is 2. The van der Waals surface area contributed by atoms with E-state index in [1.54, 1.807) is 12.5 Å². The standard InChI is InChI=1S/C18H19N3O3S/c1-11(22)19-17-20-15(9-25-17)16(23)21-8-12-3-4-13(24-2)7-14(12)18(10-21)5-6-18/h3-4,7,9H,5-6,8,10H2,1-2H3,(H,19,20,22). The lowest BCUT2D eigenvalue weighted by Crippen LogP contribution is -2.41. The summed E-state index contributed by atoms with van der Waals surface area (Å²) >= 11 is 1.27. The van der Waals surface area contributed by atoms with Gasteiger partial charge in [-0.1, -0.05) is 6.07 Å². The molecule has 1 aliphatic heterocycles. The molecule has 0 bridgehead atoms. The summed E-state index contributed by atoms with van der Waals surface area (Å²) in [7, 11) is 1.68. The van der Waals surface area contributed by atoms with Crippen LogP contribution in [0.15, 0.2) is 23.6 Å². The SMILES string of the molecule is COc1ccc2c(c1)C1(CC1)CN(C(=O)c1csc(NC(C)=O)n1)C2. The van der Waals surface area contributed by atoms with Crippen LogP contribution in [0, 0.1) is 0 Å². The fourth-order valence-corrected chi connectivity index (χ4v) is 4.22. The Balaban J connectivity index is 1.59. The highest BCUT2D eigenvalue weighted by atomic mass is 32.1. The zero-order valence-electron chi connectivity index (χ0n) is 14.2. The Morgan fingerprint density at radius 1 is 1.36 bits per heavy atom. The van der Waals surface area contributed by atoms with Crippen molar-refractivity contribution in [2.24, 2.45) is 0 Å². The molecule has 2 amide bonds. The summed E-state index contributed by atoms with van der Waals surface area (Å²) in [6, 6.07) is 6.11. The van der Waals surface area contributed by atoms with E-state index in [4.69, 9.17) is 4.74 Å². The molecule has 1 aliphatic carbocycles. The van der Waals surface area contributed by atoms with Crippen molar-refractivity contribution < 1.29 is 14.3 Å². The number of aromatic nitrogens is 1. The number of nitrogens with zero attached hydrogens (tertiary/aromatic N) is 2. The van der Waals surface area contributed by atoms with Crippen LogP contribution in [0.25, 0.3) is 0 Å². The minimum atomic E-state index is -0.189. The minimum absolute atomic E-state index is 0.0638. The number of rotatable bonds is 3. The molecule has 25 heavy (non-hydrogen) atoms. The maximum Gasteiger partial charge on any atom is 0.273 e. The summed E-state index contributed by atoms with van der Waals surface area (Å²) in [5, 5.41) is 4.79. The van der Waals surface area contributed by atoms with Gasteiger partial charge in [-0.3, -0.25) is 9.59 Å². The Morgan fingerprint density at radius 2 is 2.16 bits per heavy atom. The molecular formula is C18H19N3O3S.